The normalized spacial score (nSPS) is 17.8. The number of rotatable bonds is 2. The van der Waals surface area contributed by atoms with E-state index in [-0.39, 0.29) is 0 Å². The van der Waals surface area contributed by atoms with Crippen molar-refractivity contribution < 1.29 is 0 Å². The Hall–Kier alpha value is -1.29. The molecule has 88 valence electrons. The average Bonchev–Trinajstić information content (AvgIpc) is 2.33. The molecule has 0 amide bonds. The zero-order valence-electron chi connectivity index (χ0n) is 10.1. The number of nitrogens with zero attached hydrogens (tertiary/aromatic N) is 3. The largest absolute Gasteiger partial charge is 0.383 e. The van der Waals surface area contributed by atoms with Gasteiger partial charge in [0.2, 0.25) is 0 Å². The Kier molecular flexibility index (Phi) is 3.29. The summed E-state index contributed by atoms with van der Waals surface area (Å²) in [4.78, 5) is 9.06. The van der Waals surface area contributed by atoms with Gasteiger partial charge in [-0.1, -0.05) is 6.92 Å². The summed E-state index contributed by atoms with van der Waals surface area (Å²) in [5, 5.41) is 0. The molecule has 0 unspecified atom stereocenters. The molecule has 1 aliphatic rings. The maximum Gasteiger partial charge on any atom is 0.126 e. The Morgan fingerprint density at radius 3 is 2.56 bits per heavy atom. The van der Waals surface area contributed by atoms with Gasteiger partial charge in [-0.3, -0.25) is 0 Å². The topological polar surface area (TPSA) is 45.4 Å². The number of hydrogen-bond donors (Lipinski definition) is 1. The second-order valence-corrected chi connectivity index (χ2v) is 4.32. The number of pyridine rings is 1. The predicted octanol–water partition coefficient (Wildman–Crippen LogP) is 1.11. The standard InChI is InChI=1S/C12H20N4/c1-3-15-4-6-16(7-5-15)11-8-10(2)12(13)14-9-11/h8-9H,3-7H2,1-2H3,(H2,13,14). The van der Waals surface area contributed by atoms with Crippen LogP contribution >= 0.6 is 0 Å². The first-order valence-corrected chi connectivity index (χ1v) is 5.90. The van der Waals surface area contributed by atoms with E-state index in [1.807, 2.05) is 13.1 Å². The molecule has 1 fully saturated rings. The van der Waals surface area contributed by atoms with Crippen molar-refractivity contribution in [3.63, 3.8) is 0 Å². The lowest BCUT2D eigenvalue weighted by molar-refractivity contribution is 0.271. The highest BCUT2D eigenvalue weighted by atomic mass is 15.3. The lowest BCUT2D eigenvalue weighted by Gasteiger charge is -2.35. The van der Waals surface area contributed by atoms with Crippen molar-refractivity contribution in [2.75, 3.05) is 43.4 Å². The Balaban J connectivity index is 2.05. The average molecular weight is 220 g/mol. The van der Waals surface area contributed by atoms with Gasteiger partial charge in [-0.05, 0) is 25.1 Å². The molecule has 0 aromatic carbocycles. The van der Waals surface area contributed by atoms with Crippen LogP contribution in [-0.4, -0.2) is 42.6 Å². The fraction of sp³-hybridized carbons (Fsp3) is 0.583. The van der Waals surface area contributed by atoms with Gasteiger partial charge in [-0.25, -0.2) is 4.98 Å². The van der Waals surface area contributed by atoms with Crippen LogP contribution in [0.3, 0.4) is 0 Å². The maximum atomic E-state index is 5.72. The molecule has 0 radical (unpaired) electrons. The maximum absolute atomic E-state index is 5.72. The van der Waals surface area contributed by atoms with E-state index in [4.69, 9.17) is 5.73 Å². The van der Waals surface area contributed by atoms with Crippen LogP contribution in [0.25, 0.3) is 0 Å². The van der Waals surface area contributed by atoms with Crippen molar-refractivity contribution in [3.8, 4) is 0 Å². The summed E-state index contributed by atoms with van der Waals surface area (Å²) in [6.45, 7) is 9.81. The number of hydrogen-bond acceptors (Lipinski definition) is 4. The lowest BCUT2D eigenvalue weighted by Crippen LogP contribution is -2.46. The smallest absolute Gasteiger partial charge is 0.126 e. The van der Waals surface area contributed by atoms with Crippen molar-refractivity contribution in [3.05, 3.63) is 17.8 Å². The molecule has 2 N–H and O–H groups in total. The quantitative estimate of drug-likeness (QED) is 0.811. The zero-order valence-corrected chi connectivity index (χ0v) is 10.1. The Labute approximate surface area is 97.1 Å². The Morgan fingerprint density at radius 1 is 1.31 bits per heavy atom. The van der Waals surface area contributed by atoms with Gasteiger partial charge in [0, 0.05) is 26.2 Å². The van der Waals surface area contributed by atoms with Gasteiger partial charge in [0.25, 0.3) is 0 Å². The first-order valence-electron chi connectivity index (χ1n) is 5.90. The van der Waals surface area contributed by atoms with E-state index >= 15 is 0 Å². The first kappa shape index (κ1) is 11.2. The highest BCUT2D eigenvalue weighted by Gasteiger charge is 2.16. The number of nitrogen functional groups attached to an aromatic ring is 1. The predicted molar refractivity (Wildman–Crippen MR) is 67.7 cm³/mol. The van der Waals surface area contributed by atoms with E-state index in [9.17, 15) is 0 Å². The van der Waals surface area contributed by atoms with Crippen LogP contribution in [0, 0.1) is 6.92 Å². The van der Waals surface area contributed by atoms with Crippen LogP contribution in [0.15, 0.2) is 12.3 Å². The molecule has 1 aliphatic heterocycles. The van der Waals surface area contributed by atoms with Crippen molar-refractivity contribution in [2.24, 2.45) is 0 Å². The number of aryl methyl sites for hydroxylation is 1. The molecule has 0 spiro atoms. The molecule has 1 saturated heterocycles. The van der Waals surface area contributed by atoms with Crippen LogP contribution in [0.1, 0.15) is 12.5 Å². The zero-order chi connectivity index (χ0) is 11.5. The number of anilines is 2. The minimum atomic E-state index is 0.635. The first-order chi connectivity index (χ1) is 7.70. The summed E-state index contributed by atoms with van der Waals surface area (Å²) in [7, 11) is 0. The highest BCUT2D eigenvalue weighted by molar-refractivity contribution is 5.52. The number of aromatic nitrogens is 1. The third-order valence-electron chi connectivity index (χ3n) is 3.29. The second kappa shape index (κ2) is 4.70. The van der Waals surface area contributed by atoms with Crippen LogP contribution in [0.2, 0.25) is 0 Å². The van der Waals surface area contributed by atoms with Gasteiger partial charge in [0.1, 0.15) is 5.82 Å². The summed E-state index contributed by atoms with van der Waals surface area (Å²) in [6, 6.07) is 2.13. The van der Waals surface area contributed by atoms with E-state index < -0.39 is 0 Å². The highest BCUT2D eigenvalue weighted by Crippen LogP contribution is 2.19. The third kappa shape index (κ3) is 2.27. The molecular weight excluding hydrogens is 200 g/mol. The van der Waals surface area contributed by atoms with Crippen LogP contribution < -0.4 is 10.6 Å². The molecule has 4 heteroatoms. The molecule has 0 aliphatic carbocycles. The van der Waals surface area contributed by atoms with Gasteiger partial charge in [-0.15, -0.1) is 0 Å². The van der Waals surface area contributed by atoms with E-state index in [2.05, 4.69) is 27.8 Å². The Morgan fingerprint density at radius 2 is 2.00 bits per heavy atom. The van der Waals surface area contributed by atoms with Crippen molar-refractivity contribution in [1.29, 1.82) is 0 Å². The monoisotopic (exact) mass is 220 g/mol. The van der Waals surface area contributed by atoms with Gasteiger partial charge in [0.05, 0.1) is 11.9 Å². The molecule has 0 saturated carbocycles. The van der Waals surface area contributed by atoms with Crippen molar-refractivity contribution in [1.82, 2.24) is 9.88 Å². The summed E-state index contributed by atoms with van der Waals surface area (Å²) in [5.41, 5.74) is 7.99. The molecular formula is C12H20N4. The SMILES string of the molecule is CCN1CCN(c2cnc(N)c(C)c2)CC1. The van der Waals surface area contributed by atoms with Crippen molar-refractivity contribution in [2.45, 2.75) is 13.8 Å². The van der Waals surface area contributed by atoms with E-state index in [1.165, 1.54) is 5.69 Å². The summed E-state index contributed by atoms with van der Waals surface area (Å²) in [6.07, 6.45) is 1.88. The third-order valence-corrected chi connectivity index (χ3v) is 3.29. The van der Waals surface area contributed by atoms with Crippen LogP contribution in [0.5, 0.6) is 0 Å². The Bertz CT molecular complexity index is 356. The van der Waals surface area contributed by atoms with Gasteiger partial charge < -0.3 is 15.5 Å². The fourth-order valence-corrected chi connectivity index (χ4v) is 2.07. The summed E-state index contributed by atoms with van der Waals surface area (Å²) < 4.78 is 0. The molecule has 1 aromatic rings. The molecule has 0 bridgehead atoms. The van der Waals surface area contributed by atoms with E-state index in [1.54, 1.807) is 0 Å². The molecule has 0 atom stereocenters. The van der Waals surface area contributed by atoms with Crippen LogP contribution in [0.4, 0.5) is 11.5 Å². The molecule has 16 heavy (non-hydrogen) atoms. The fourth-order valence-electron chi connectivity index (χ4n) is 2.07. The minimum absolute atomic E-state index is 0.635. The van der Waals surface area contributed by atoms with E-state index in [0.717, 1.165) is 38.3 Å². The van der Waals surface area contributed by atoms with Gasteiger partial charge in [-0.2, -0.15) is 0 Å². The number of piperazine rings is 1. The number of likely N-dealkylation sites (N-methyl/N-ethyl adjacent to an activating group) is 1. The second-order valence-electron chi connectivity index (χ2n) is 4.32. The van der Waals surface area contributed by atoms with E-state index in [0.29, 0.717) is 5.82 Å². The molecule has 4 nitrogen and oxygen atoms in total. The lowest BCUT2D eigenvalue weighted by atomic mass is 10.2. The van der Waals surface area contributed by atoms with Crippen molar-refractivity contribution >= 4 is 11.5 Å². The van der Waals surface area contributed by atoms with Crippen LogP contribution in [-0.2, 0) is 0 Å². The number of nitrogens with two attached hydrogens (primary N) is 1. The summed E-state index contributed by atoms with van der Waals surface area (Å²) >= 11 is 0. The van der Waals surface area contributed by atoms with Gasteiger partial charge in [0.15, 0.2) is 0 Å². The molecule has 2 heterocycles. The summed E-state index contributed by atoms with van der Waals surface area (Å²) in [5.74, 6) is 0.635. The molecule has 1 aromatic heterocycles. The minimum Gasteiger partial charge on any atom is -0.383 e. The molecule has 2 rings (SSSR count). The van der Waals surface area contributed by atoms with Gasteiger partial charge >= 0.3 is 0 Å².